The molecule has 1 atom stereocenters. The molecule has 180 valence electrons. The highest BCUT2D eigenvalue weighted by Gasteiger charge is 2.31. The molecule has 0 N–H and O–H groups in total. The van der Waals surface area contributed by atoms with Crippen molar-refractivity contribution < 1.29 is 22.5 Å². The summed E-state index contributed by atoms with van der Waals surface area (Å²) in [6.07, 6.45) is -4.44. The van der Waals surface area contributed by atoms with E-state index in [4.69, 9.17) is 4.52 Å². The van der Waals surface area contributed by atoms with Crippen molar-refractivity contribution in [3.05, 3.63) is 66.1 Å². The summed E-state index contributed by atoms with van der Waals surface area (Å²) in [5.74, 6) is 0.497. The first-order valence-corrected chi connectivity index (χ1v) is 11.0. The third-order valence-corrected chi connectivity index (χ3v) is 6.08. The predicted molar refractivity (Wildman–Crippen MR) is 121 cm³/mol. The molecule has 0 spiro atoms. The number of nitrogens with zero attached hydrogens (tertiary/aromatic N) is 5. The number of likely N-dealkylation sites (N-methyl/N-ethyl adjacent to an activating group) is 1. The number of aromatic nitrogens is 2. The maximum atomic E-state index is 13.0. The molecule has 7 nitrogen and oxygen atoms in total. The molecule has 0 saturated carbocycles. The zero-order chi connectivity index (χ0) is 24.3. The summed E-state index contributed by atoms with van der Waals surface area (Å²) in [5.41, 5.74) is 0.351. The van der Waals surface area contributed by atoms with E-state index in [1.165, 1.54) is 12.1 Å². The number of alkyl halides is 3. The number of piperazine rings is 1. The monoisotopic (exact) mass is 473 g/mol. The molecule has 4 rings (SSSR count). The van der Waals surface area contributed by atoms with Gasteiger partial charge in [0.1, 0.15) is 0 Å². The average molecular weight is 473 g/mol. The van der Waals surface area contributed by atoms with E-state index in [0.29, 0.717) is 38.6 Å². The Morgan fingerprint density at radius 2 is 1.79 bits per heavy atom. The second kappa shape index (κ2) is 9.94. The van der Waals surface area contributed by atoms with Crippen molar-refractivity contribution in [3.63, 3.8) is 0 Å². The largest absolute Gasteiger partial charge is 0.416 e. The van der Waals surface area contributed by atoms with Crippen LogP contribution in [-0.4, -0.2) is 65.6 Å². The number of carbonyl (C=O) groups excluding carboxylic acids is 1. The highest BCUT2D eigenvalue weighted by atomic mass is 19.4. The summed E-state index contributed by atoms with van der Waals surface area (Å²) in [4.78, 5) is 22.9. The standard InChI is InChI=1S/C24H26F3N5O2/c1-17(23-28-22(29-34-23)18-7-6-8-19(15-18)24(25,26)27)32-13-11-31(12-14-32)16-21(33)30(2)20-9-4-3-5-10-20/h3-10,15,17H,11-14,16H2,1-2H3. The number of benzene rings is 2. The molecule has 10 heteroatoms. The van der Waals surface area contributed by atoms with Gasteiger partial charge < -0.3 is 9.42 Å². The highest BCUT2D eigenvalue weighted by Crippen LogP contribution is 2.32. The Hall–Kier alpha value is -3.24. The van der Waals surface area contributed by atoms with E-state index in [9.17, 15) is 18.0 Å². The molecule has 0 bridgehead atoms. The molecule has 0 aliphatic carbocycles. The fourth-order valence-corrected chi connectivity index (χ4v) is 3.91. The Labute approximate surface area is 195 Å². The lowest BCUT2D eigenvalue weighted by Gasteiger charge is -2.36. The zero-order valence-electron chi connectivity index (χ0n) is 19.0. The Kier molecular flexibility index (Phi) is 6.99. The van der Waals surface area contributed by atoms with Crippen LogP contribution in [0, 0.1) is 0 Å². The Morgan fingerprint density at radius 1 is 1.09 bits per heavy atom. The molecule has 1 unspecified atom stereocenters. The smallest absolute Gasteiger partial charge is 0.337 e. The molecule has 2 heterocycles. The number of carbonyl (C=O) groups is 1. The maximum Gasteiger partial charge on any atom is 0.416 e. The van der Waals surface area contributed by atoms with Gasteiger partial charge in [0.2, 0.25) is 17.6 Å². The number of amides is 1. The van der Waals surface area contributed by atoms with Crippen LogP contribution < -0.4 is 4.90 Å². The Balaban J connectivity index is 1.33. The van der Waals surface area contributed by atoms with E-state index in [1.54, 1.807) is 11.9 Å². The molecular weight excluding hydrogens is 447 g/mol. The second-order valence-corrected chi connectivity index (χ2v) is 8.31. The van der Waals surface area contributed by atoms with Crippen molar-refractivity contribution in [2.75, 3.05) is 44.7 Å². The van der Waals surface area contributed by atoms with Crippen molar-refractivity contribution in [1.82, 2.24) is 19.9 Å². The van der Waals surface area contributed by atoms with Crippen LogP contribution in [0.5, 0.6) is 0 Å². The molecule has 1 aromatic heterocycles. The first kappa shape index (κ1) is 23.9. The molecule has 1 aliphatic rings. The van der Waals surface area contributed by atoms with Crippen molar-refractivity contribution in [2.45, 2.75) is 19.1 Å². The zero-order valence-corrected chi connectivity index (χ0v) is 19.0. The van der Waals surface area contributed by atoms with Crippen LogP contribution in [-0.2, 0) is 11.0 Å². The van der Waals surface area contributed by atoms with E-state index in [0.717, 1.165) is 17.8 Å². The molecule has 1 saturated heterocycles. The van der Waals surface area contributed by atoms with Gasteiger partial charge in [-0.1, -0.05) is 35.5 Å². The number of halogens is 3. The normalized spacial score (nSPS) is 16.4. The number of hydrogen-bond acceptors (Lipinski definition) is 6. The second-order valence-electron chi connectivity index (χ2n) is 8.31. The Bertz CT molecular complexity index is 1110. The number of rotatable bonds is 6. The van der Waals surface area contributed by atoms with Gasteiger partial charge in [-0.05, 0) is 31.2 Å². The van der Waals surface area contributed by atoms with Gasteiger partial charge in [0.25, 0.3) is 0 Å². The highest BCUT2D eigenvalue weighted by molar-refractivity contribution is 5.94. The molecule has 2 aromatic carbocycles. The minimum atomic E-state index is -4.44. The number of hydrogen-bond donors (Lipinski definition) is 0. The maximum absolute atomic E-state index is 13.0. The minimum absolute atomic E-state index is 0.0235. The molecule has 1 amide bonds. The topological polar surface area (TPSA) is 65.7 Å². The van der Waals surface area contributed by atoms with E-state index in [-0.39, 0.29) is 23.3 Å². The van der Waals surface area contributed by atoms with Crippen LogP contribution in [0.25, 0.3) is 11.4 Å². The summed E-state index contributed by atoms with van der Waals surface area (Å²) in [6, 6.07) is 14.2. The van der Waals surface area contributed by atoms with Crippen LogP contribution >= 0.6 is 0 Å². The predicted octanol–water partition coefficient (Wildman–Crippen LogP) is 4.10. The van der Waals surface area contributed by atoms with Crippen LogP contribution in [0.4, 0.5) is 18.9 Å². The summed E-state index contributed by atoms with van der Waals surface area (Å²) >= 11 is 0. The molecule has 34 heavy (non-hydrogen) atoms. The van der Waals surface area contributed by atoms with Gasteiger partial charge in [-0.3, -0.25) is 14.6 Å². The van der Waals surface area contributed by atoms with Gasteiger partial charge >= 0.3 is 6.18 Å². The van der Waals surface area contributed by atoms with Gasteiger partial charge in [-0.2, -0.15) is 18.2 Å². The molecular formula is C24H26F3N5O2. The quantitative estimate of drug-likeness (QED) is 0.537. The summed E-state index contributed by atoms with van der Waals surface area (Å²) in [5, 5.41) is 3.89. The average Bonchev–Trinajstić information content (AvgIpc) is 3.34. The lowest BCUT2D eigenvalue weighted by molar-refractivity contribution is -0.137. The molecule has 3 aromatic rings. The van der Waals surface area contributed by atoms with Crippen molar-refractivity contribution in [3.8, 4) is 11.4 Å². The first-order chi connectivity index (χ1) is 16.2. The van der Waals surface area contributed by atoms with Crippen LogP contribution in [0.15, 0.2) is 59.1 Å². The molecule has 1 aliphatic heterocycles. The fraction of sp³-hybridized carbons (Fsp3) is 0.375. The van der Waals surface area contributed by atoms with Gasteiger partial charge in [0.05, 0.1) is 18.2 Å². The van der Waals surface area contributed by atoms with Crippen LogP contribution in [0.3, 0.4) is 0 Å². The number of para-hydroxylation sites is 1. The lowest BCUT2D eigenvalue weighted by Crippen LogP contribution is -2.50. The van der Waals surface area contributed by atoms with Crippen LogP contribution in [0.1, 0.15) is 24.4 Å². The summed E-state index contributed by atoms with van der Waals surface area (Å²) in [7, 11) is 1.77. The van der Waals surface area contributed by atoms with E-state index in [1.807, 2.05) is 37.3 Å². The molecule has 1 fully saturated rings. The summed E-state index contributed by atoms with van der Waals surface area (Å²) < 4.78 is 44.4. The lowest BCUT2D eigenvalue weighted by atomic mass is 10.1. The van der Waals surface area contributed by atoms with E-state index < -0.39 is 11.7 Å². The van der Waals surface area contributed by atoms with E-state index >= 15 is 0 Å². The van der Waals surface area contributed by atoms with Gasteiger partial charge in [-0.15, -0.1) is 0 Å². The van der Waals surface area contributed by atoms with Gasteiger partial charge in [0.15, 0.2) is 0 Å². The third-order valence-electron chi connectivity index (χ3n) is 6.08. The van der Waals surface area contributed by atoms with Crippen molar-refractivity contribution in [2.24, 2.45) is 0 Å². The third kappa shape index (κ3) is 5.45. The summed E-state index contributed by atoms with van der Waals surface area (Å²) in [6.45, 7) is 5.05. The minimum Gasteiger partial charge on any atom is -0.337 e. The fourth-order valence-electron chi connectivity index (χ4n) is 3.91. The molecule has 0 radical (unpaired) electrons. The SMILES string of the molecule is CC(c1nc(-c2cccc(C(F)(F)F)c2)no1)N1CCN(CC(=O)N(C)c2ccccc2)CC1. The number of anilines is 1. The van der Waals surface area contributed by atoms with Gasteiger partial charge in [-0.25, -0.2) is 0 Å². The van der Waals surface area contributed by atoms with Crippen molar-refractivity contribution >= 4 is 11.6 Å². The van der Waals surface area contributed by atoms with Crippen LogP contribution in [0.2, 0.25) is 0 Å². The van der Waals surface area contributed by atoms with Gasteiger partial charge in [0, 0.05) is 44.5 Å². The first-order valence-electron chi connectivity index (χ1n) is 11.0. The van der Waals surface area contributed by atoms with E-state index in [2.05, 4.69) is 19.9 Å². The van der Waals surface area contributed by atoms with Crippen molar-refractivity contribution in [1.29, 1.82) is 0 Å². The Morgan fingerprint density at radius 3 is 2.47 bits per heavy atom.